The quantitative estimate of drug-likeness (QED) is 0.758. The number of hydrogen-bond acceptors (Lipinski definition) is 5. The molecule has 0 unspecified atom stereocenters. The second-order valence-corrected chi connectivity index (χ2v) is 8.46. The van der Waals surface area contributed by atoms with Gasteiger partial charge in [0.15, 0.2) is 5.04 Å². The van der Waals surface area contributed by atoms with Crippen LogP contribution in [0.1, 0.15) is 16.8 Å². The Balaban J connectivity index is 1.53. The van der Waals surface area contributed by atoms with Gasteiger partial charge in [-0.2, -0.15) is 11.8 Å². The van der Waals surface area contributed by atoms with Crippen LogP contribution in [0, 0.1) is 5.82 Å². The van der Waals surface area contributed by atoms with E-state index in [4.69, 9.17) is 11.6 Å². The zero-order valence-corrected chi connectivity index (χ0v) is 15.5. The van der Waals surface area contributed by atoms with E-state index in [0.717, 1.165) is 0 Å². The molecule has 0 bridgehead atoms. The van der Waals surface area contributed by atoms with Gasteiger partial charge in [-0.25, -0.2) is 17.5 Å². The van der Waals surface area contributed by atoms with Gasteiger partial charge in [0, 0.05) is 40.4 Å². The molecule has 2 heterocycles. The first-order chi connectivity index (χ1) is 12.0. The molecule has 1 aliphatic heterocycles. The highest BCUT2D eigenvalue weighted by Crippen LogP contribution is 2.24. The standard InChI is InChI=1S/C16H15ClFN3O2S2/c17-13-4-1-5-14(18)12(13)10-24-8-7-21-25(22,23)16-11-3-2-6-19-15(11)9-20-16/h1-6,21H,7-10H2. The van der Waals surface area contributed by atoms with Crippen LogP contribution in [-0.4, -0.2) is 30.7 Å². The van der Waals surface area contributed by atoms with E-state index >= 15 is 0 Å². The molecule has 0 aliphatic carbocycles. The Hall–Kier alpha value is -1.48. The molecule has 0 fully saturated rings. The lowest BCUT2D eigenvalue weighted by Gasteiger charge is -2.08. The predicted molar refractivity (Wildman–Crippen MR) is 99.0 cm³/mol. The molecule has 1 aromatic heterocycles. The van der Waals surface area contributed by atoms with Gasteiger partial charge in [0.1, 0.15) is 5.82 Å². The van der Waals surface area contributed by atoms with Gasteiger partial charge in [0.2, 0.25) is 0 Å². The summed E-state index contributed by atoms with van der Waals surface area (Å²) in [4.78, 5) is 8.20. The number of benzene rings is 1. The minimum atomic E-state index is -3.69. The highest BCUT2D eigenvalue weighted by atomic mass is 35.5. The summed E-state index contributed by atoms with van der Waals surface area (Å²) in [5.74, 6) is 0.503. The Bertz CT molecular complexity index is 899. The molecule has 0 radical (unpaired) electrons. The summed E-state index contributed by atoms with van der Waals surface area (Å²) in [6.45, 7) is 0.487. The van der Waals surface area contributed by atoms with Crippen LogP contribution in [0.3, 0.4) is 0 Å². The van der Waals surface area contributed by atoms with Gasteiger partial charge in [-0.3, -0.25) is 9.98 Å². The van der Waals surface area contributed by atoms with Crippen molar-refractivity contribution in [3.05, 3.63) is 64.2 Å². The lowest BCUT2D eigenvalue weighted by Crippen LogP contribution is -2.32. The van der Waals surface area contributed by atoms with Crippen LogP contribution in [0.25, 0.3) is 0 Å². The minimum Gasteiger partial charge on any atom is -0.265 e. The van der Waals surface area contributed by atoms with Crippen molar-refractivity contribution < 1.29 is 12.8 Å². The van der Waals surface area contributed by atoms with Gasteiger partial charge in [0.05, 0.1) is 12.2 Å². The SMILES string of the molecule is O=S(=O)(NCCSCc1c(F)cccc1Cl)C1=NCc2ncccc21. The maximum absolute atomic E-state index is 13.7. The van der Waals surface area contributed by atoms with E-state index in [-0.39, 0.29) is 24.0 Å². The van der Waals surface area contributed by atoms with E-state index in [1.54, 1.807) is 30.5 Å². The van der Waals surface area contributed by atoms with E-state index < -0.39 is 10.0 Å². The highest BCUT2D eigenvalue weighted by Gasteiger charge is 2.27. The van der Waals surface area contributed by atoms with Crippen LogP contribution >= 0.6 is 23.4 Å². The summed E-state index contributed by atoms with van der Waals surface area (Å²) in [7, 11) is -3.69. The van der Waals surface area contributed by atoms with Crippen molar-refractivity contribution in [2.45, 2.75) is 12.3 Å². The van der Waals surface area contributed by atoms with Crippen molar-refractivity contribution in [3.63, 3.8) is 0 Å². The van der Waals surface area contributed by atoms with Crippen molar-refractivity contribution in [2.75, 3.05) is 12.3 Å². The molecule has 1 aliphatic rings. The molecular formula is C16H15ClFN3O2S2. The minimum absolute atomic E-state index is 0.0257. The van der Waals surface area contributed by atoms with Gasteiger partial charge < -0.3 is 0 Å². The molecule has 0 amide bonds. The molecule has 132 valence electrons. The number of aliphatic imine (C=N–C) groups is 1. The normalized spacial score (nSPS) is 13.6. The number of fused-ring (bicyclic) bond motifs is 1. The second kappa shape index (κ2) is 7.82. The van der Waals surface area contributed by atoms with Crippen LogP contribution in [0.4, 0.5) is 4.39 Å². The van der Waals surface area contributed by atoms with Crippen molar-refractivity contribution >= 4 is 38.4 Å². The van der Waals surface area contributed by atoms with E-state index in [1.807, 2.05) is 0 Å². The maximum atomic E-state index is 13.7. The molecule has 25 heavy (non-hydrogen) atoms. The zero-order chi connectivity index (χ0) is 17.9. The molecule has 0 spiro atoms. The van der Waals surface area contributed by atoms with Crippen LogP contribution in [0.15, 0.2) is 41.5 Å². The van der Waals surface area contributed by atoms with Gasteiger partial charge in [-0.15, -0.1) is 0 Å². The summed E-state index contributed by atoms with van der Waals surface area (Å²) in [5, 5.41) is 0.398. The lowest BCUT2D eigenvalue weighted by atomic mass is 10.2. The largest absolute Gasteiger partial charge is 0.265 e. The van der Waals surface area contributed by atoms with Crippen LogP contribution in [-0.2, 0) is 22.3 Å². The first-order valence-corrected chi connectivity index (χ1v) is 10.5. The first-order valence-electron chi connectivity index (χ1n) is 7.48. The number of thioether (sulfide) groups is 1. The fourth-order valence-electron chi connectivity index (χ4n) is 2.38. The Morgan fingerprint density at radius 2 is 2.12 bits per heavy atom. The monoisotopic (exact) mass is 399 g/mol. The third-order valence-electron chi connectivity index (χ3n) is 3.59. The average molecular weight is 400 g/mol. The van der Waals surface area contributed by atoms with E-state index in [2.05, 4.69) is 14.7 Å². The van der Waals surface area contributed by atoms with Crippen molar-refractivity contribution in [1.82, 2.24) is 9.71 Å². The Labute approximate surface area is 154 Å². The summed E-state index contributed by atoms with van der Waals surface area (Å²) in [6.07, 6.45) is 1.61. The number of halogens is 2. The fraction of sp³-hybridized carbons (Fsp3) is 0.250. The zero-order valence-electron chi connectivity index (χ0n) is 13.1. The summed E-state index contributed by atoms with van der Waals surface area (Å²) >= 11 is 7.36. The Morgan fingerprint density at radius 1 is 1.28 bits per heavy atom. The van der Waals surface area contributed by atoms with Gasteiger partial charge in [-0.1, -0.05) is 17.7 Å². The van der Waals surface area contributed by atoms with Crippen molar-refractivity contribution in [1.29, 1.82) is 0 Å². The van der Waals surface area contributed by atoms with Gasteiger partial charge in [0.25, 0.3) is 10.0 Å². The number of hydrogen-bond donors (Lipinski definition) is 1. The van der Waals surface area contributed by atoms with Crippen LogP contribution in [0.5, 0.6) is 0 Å². The number of pyridine rings is 1. The fourth-order valence-corrected chi connectivity index (χ4v) is 4.93. The van der Waals surface area contributed by atoms with Crippen molar-refractivity contribution in [2.24, 2.45) is 4.99 Å². The van der Waals surface area contributed by atoms with Crippen LogP contribution in [0.2, 0.25) is 5.02 Å². The summed E-state index contributed by atoms with van der Waals surface area (Å²) < 4.78 is 40.9. The Morgan fingerprint density at radius 3 is 2.92 bits per heavy atom. The van der Waals surface area contributed by atoms with E-state index in [1.165, 1.54) is 17.8 Å². The smallest absolute Gasteiger partial charge is 0.258 e. The number of sulfonamides is 1. The average Bonchev–Trinajstić information content (AvgIpc) is 3.02. The van der Waals surface area contributed by atoms with Crippen LogP contribution < -0.4 is 4.72 Å². The number of nitrogens with one attached hydrogen (secondary N) is 1. The third-order valence-corrected chi connectivity index (χ3v) is 6.38. The molecule has 1 N–H and O–H groups in total. The molecule has 5 nitrogen and oxygen atoms in total. The number of aromatic nitrogens is 1. The van der Waals surface area contributed by atoms with Crippen molar-refractivity contribution in [3.8, 4) is 0 Å². The molecule has 0 saturated heterocycles. The third kappa shape index (κ3) is 4.20. The molecule has 0 atom stereocenters. The number of rotatable bonds is 6. The number of nitrogens with zero attached hydrogens (tertiary/aromatic N) is 2. The van der Waals surface area contributed by atoms with E-state index in [0.29, 0.717) is 33.3 Å². The topological polar surface area (TPSA) is 71.4 Å². The lowest BCUT2D eigenvalue weighted by molar-refractivity contribution is 0.596. The molecular weight excluding hydrogens is 385 g/mol. The van der Waals surface area contributed by atoms with E-state index in [9.17, 15) is 12.8 Å². The second-order valence-electron chi connectivity index (χ2n) is 5.27. The first kappa shape index (κ1) is 18.3. The van der Waals surface area contributed by atoms with Gasteiger partial charge in [-0.05, 0) is 24.3 Å². The molecule has 1 aromatic carbocycles. The summed E-state index contributed by atoms with van der Waals surface area (Å²) in [6, 6.07) is 7.92. The molecule has 2 aromatic rings. The Kier molecular flexibility index (Phi) is 5.73. The summed E-state index contributed by atoms with van der Waals surface area (Å²) in [5.41, 5.74) is 1.63. The van der Waals surface area contributed by atoms with Gasteiger partial charge >= 0.3 is 0 Å². The molecule has 9 heteroatoms. The molecule has 3 rings (SSSR count). The highest BCUT2D eigenvalue weighted by molar-refractivity contribution is 8.05. The predicted octanol–water partition coefficient (Wildman–Crippen LogP) is 2.99. The maximum Gasteiger partial charge on any atom is 0.258 e. The molecule has 0 saturated carbocycles.